The number of carbonyl (C=O) groups excluding carboxylic acids is 2. The zero-order valence-corrected chi connectivity index (χ0v) is 19.6. The van der Waals surface area contributed by atoms with E-state index in [4.69, 9.17) is 4.74 Å². The lowest BCUT2D eigenvalue weighted by Gasteiger charge is -2.16. The summed E-state index contributed by atoms with van der Waals surface area (Å²) in [6, 6.07) is 31.6. The summed E-state index contributed by atoms with van der Waals surface area (Å²) >= 11 is 0. The number of hydrogen-bond donors (Lipinski definition) is 3. The van der Waals surface area contributed by atoms with Gasteiger partial charge in [0.2, 0.25) is 0 Å². The maximum Gasteiger partial charge on any atom is 0.265 e. The van der Waals surface area contributed by atoms with Crippen LogP contribution in [0.1, 0.15) is 22.8 Å². The smallest absolute Gasteiger partial charge is 0.265 e. The maximum atomic E-state index is 13.0. The standard InChI is InChI=1S/C29H27N3O3/c1-20-12-18-25(19-13-20)35-21(2)28(33)32-27-11-7-6-10-26(27)29(34)31-24-16-14-23(15-17-24)30-22-8-4-3-5-9-22/h3-19,21,30H,1-2H3,(H,31,34)(H,32,33)/t21-/m0/s1. The molecule has 0 aliphatic heterocycles. The highest BCUT2D eigenvalue weighted by molar-refractivity contribution is 6.10. The lowest BCUT2D eigenvalue weighted by Crippen LogP contribution is -2.31. The van der Waals surface area contributed by atoms with Gasteiger partial charge < -0.3 is 20.7 Å². The fourth-order valence-corrected chi connectivity index (χ4v) is 3.42. The average Bonchev–Trinajstić information content (AvgIpc) is 2.87. The van der Waals surface area contributed by atoms with E-state index in [1.54, 1.807) is 31.2 Å². The van der Waals surface area contributed by atoms with Crippen LogP contribution in [0.3, 0.4) is 0 Å². The van der Waals surface area contributed by atoms with Gasteiger partial charge in [-0.1, -0.05) is 48.0 Å². The normalized spacial score (nSPS) is 11.3. The van der Waals surface area contributed by atoms with E-state index in [9.17, 15) is 9.59 Å². The number of aryl methyl sites for hydroxylation is 1. The number of anilines is 4. The molecule has 4 aromatic rings. The van der Waals surface area contributed by atoms with Crippen molar-refractivity contribution in [2.75, 3.05) is 16.0 Å². The third-order valence-electron chi connectivity index (χ3n) is 5.34. The minimum Gasteiger partial charge on any atom is -0.481 e. The molecule has 35 heavy (non-hydrogen) atoms. The van der Waals surface area contributed by atoms with Gasteiger partial charge in [-0.2, -0.15) is 0 Å². The number of para-hydroxylation sites is 2. The van der Waals surface area contributed by atoms with Crippen LogP contribution in [-0.4, -0.2) is 17.9 Å². The van der Waals surface area contributed by atoms with Gasteiger partial charge in [0, 0.05) is 17.1 Å². The number of ether oxygens (including phenoxy) is 1. The van der Waals surface area contributed by atoms with E-state index in [1.807, 2.05) is 85.8 Å². The second kappa shape index (κ2) is 11.0. The van der Waals surface area contributed by atoms with Crippen molar-refractivity contribution in [2.45, 2.75) is 20.0 Å². The predicted molar refractivity (Wildman–Crippen MR) is 140 cm³/mol. The summed E-state index contributed by atoms with van der Waals surface area (Å²) in [6.07, 6.45) is -0.738. The summed E-state index contributed by atoms with van der Waals surface area (Å²) in [4.78, 5) is 25.7. The third kappa shape index (κ3) is 6.48. The first kappa shape index (κ1) is 23.6. The first-order chi connectivity index (χ1) is 17.0. The molecule has 2 amide bonds. The van der Waals surface area contributed by atoms with Crippen LogP contribution in [-0.2, 0) is 4.79 Å². The summed E-state index contributed by atoms with van der Waals surface area (Å²) in [7, 11) is 0. The molecule has 1 atom stereocenters. The van der Waals surface area contributed by atoms with Crippen molar-refractivity contribution in [2.24, 2.45) is 0 Å². The number of hydrogen-bond acceptors (Lipinski definition) is 4. The predicted octanol–water partition coefficient (Wildman–Crippen LogP) is 6.40. The van der Waals surface area contributed by atoms with Gasteiger partial charge >= 0.3 is 0 Å². The first-order valence-corrected chi connectivity index (χ1v) is 11.3. The molecule has 0 radical (unpaired) electrons. The quantitative estimate of drug-likeness (QED) is 0.281. The van der Waals surface area contributed by atoms with Crippen molar-refractivity contribution in [3.8, 4) is 5.75 Å². The van der Waals surface area contributed by atoms with Crippen LogP contribution >= 0.6 is 0 Å². The Labute approximate surface area is 205 Å². The van der Waals surface area contributed by atoms with E-state index < -0.39 is 6.10 Å². The first-order valence-electron chi connectivity index (χ1n) is 11.3. The molecule has 4 aromatic carbocycles. The second-order valence-corrected chi connectivity index (χ2v) is 8.13. The highest BCUT2D eigenvalue weighted by Gasteiger charge is 2.18. The Bertz CT molecular complexity index is 1290. The van der Waals surface area contributed by atoms with Gasteiger partial charge in [-0.15, -0.1) is 0 Å². The zero-order valence-electron chi connectivity index (χ0n) is 19.6. The molecule has 0 aromatic heterocycles. The van der Waals surface area contributed by atoms with E-state index in [0.29, 0.717) is 22.7 Å². The van der Waals surface area contributed by atoms with E-state index in [2.05, 4.69) is 16.0 Å². The molecule has 0 heterocycles. The van der Waals surface area contributed by atoms with Crippen molar-refractivity contribution in [3.05, 3.63) is 114 Å². The molecule has 4 rings (SSSR count). The Morgan fingerprint density at radius 1 is 0.686 bits per heavy atom. The molecule has 6 nitrogen and oxygen atoms in total. The highest BCUT2D eigenvalue weighted by Crippen LogP contribution is 2.22. The Kier molecular flexibility index (Phi) is 7.43. The van der Waals surface area contributed by atoms with Crippen molar-refractivity contribution in [3.63, 3.8) is 0 Å². The molecule has 0 unspecified atom stereocenters. The van der Waals surface area contributed by atoms with Crippen LogP contribution in [0.25, 0.3) is 0 Å². The van der Waals surface area contributed by atoms with E-state index in [0.717, 1.165) is 16.9 Å². The SMILES string of the molecule is Cc1ccc(O[C@@H](C)C(=O)Nc2ccccc2C(=O)Nc2ccc(Nc3ccccc3)cc2)cc1. The van der Waals surface area contributed by atoms with Crippen LogP contribution in [0.15, 0.2) is 103 Å². The summed E-state index contributed by atoms with van der Waals surface area (Å²) in [5.41, 5.74) is 4.41. The molecule has 0 fully saturated rings. The molecule has 6 heteroatoms. The van der Waals surface area contributed by atoms with Crippen LogP contribution < -0.4 is 20.7 Å². The van der Waals surface area contributed by atoms with Crippen molar-refractivity contribution in [1.82, 2.24) is 0 Å². The van der Waals surface area contributed by atoms with Gasteiger partial charge in [-0.3, -0.25) is 9.59 Å². The van der Waals surface area contributed by atoms with Crippen molar-refractivity contribution in [1.29, 1.82) is 0 Å². The monoisotopic (exact) mass is 465 g/mol. The molecule has 0 aliphatic carbocycles. The molecule has 3 N–H and O–H groups in total. The van der Waals surface area contributed by atoms with Gasteiger partial charge in [-0.25, -0.2) is 0 Å². The highest BCUT2D eigenvalue weighted by atomic mass is 16.5. The number of nitrogens with one attached hydrogen (secondary N) is 3. The Morgan fingerprint density at radius 3 is 2.00 bits per heavy atom. The van der Waals surface area contributed by atoms with E-state index in [-0.39, 0.29) is 11.8 Å². The van der Waals surface area contributed by atoms with Gasteiger partial charge in [0.1, 0.15) is 5.75 Å². The van der Waals surface area contributed by atoms with Crippen LogP contribution in [0.2, 0.25) is 0 Å². The van der Waals surface area contributed by atoms with Crippen molar-refractivity contribution >= 4 is 34.6 Å². The molecular weight excluding hydrogens is 438 g/mol. The van der Waals surface area contributed by atoms with Gasteiger partial charge in [0.15, 0.2) is 6.10 Å². The fraction of sp³-hybridized carbons (Fsp3) is 0.103. The minimum atomic E-state index is -0.738. The van der Waals surface area contributed by atoms with Crippen LogP contribution in [0.5, 0.6) is 5.75 Å². The molecule has 0 bridgehead atoms. The number of amides is 2. The van der Waals surface area contributed by atoms with Gasteiger partial charge in [0.25, 0.3) is 11.8 Å². The lowest BCUT2D eigenvalue weighted by atomic mass is 10.1. The summed E-state index contributed by atoms with van der Waals surface area (Å²) < 4.78 is 5.73. The Hall–Kier alpha value is -4.58. The summed E-state index contributed by atoms with van der Waals surface area (Å²) in [6.45, 7) is 3.65. The fourth-order valence-electron chi connectivity index (χ4n) is 3.42. The molecule has 0 aliphatic rings. The average molecular weight is 466 g/mol. The van der Waals surface area contributed by atoms with Crippen LogP contribution in [0, 0.1) is 6.92 Å². The second-order valence-electron chi connectivity index (χ2n) is 8.13. The van der Waals surface area contributed by atoms with Crippen LogP contribution in [0.4, 0.5) is 22.7 Å². The van der Waals surface area contributed by atoms with E-state index in [1.165, 1.54) is 0 Å². The molecule has 176 valence electrons. The third-order valence-corrected chi connectivity index (χ3v) is 5.34. The minimum absolute atomic E-state index is 0.322. The number of rotatable bonds is 8. The summed E-state index contributed by atoms with van der Waals surface area (Å²) in [5, 5.41) is 9.00. The van der Waals surface area contributed by atoms with Gasteiger partial charge in [0.05, 0.1) is 11.3 Å². The Balaban J connectivity index is 1.39. The molecular formula is C29H27N3O3. The molecule has 0 spiro atoms. The zero-order chi connectivity index (χ0) is 24.6. The largest absolute Gasteiger partial charge is 0.481 e. The van der Waals surface area contributed by atoms with Crippen molar-refractivity contribution < 1.29 is 14.3 Å². The number of benzene rings is 4. The number of carbonyl (C=O) groups is 2. The topological polar surface area (TPSA) is 79.5 Å². The molecule has 0 saturated heterocycles. The lowest BCUT2D eigenvalue weighted by molar-refractivity contribution is -0.122. The Morgan fingerprint density at radius 2 is 1.29 bits per heavy atom. The molecule has 0 saturated carbocycles. The van der Waals surface area contributed by atoms with Gasteiger partial charge in [-0.05, 0) is 74.5 Å². The van der Waals surface area contributed by atoms with E-state index >= 15 is 0 Å². The maximum absolute atomic E-state index is 13.0. The summed E-state index contributed by atoms with van der Waals surface area (Å²) in [5.74, 6) is -0.0616.